The van der Waals surface area contributed by atoms with Crippen molar-refractivity contribution in [3.63, 3.8) is 0 Å². The Balaban J connectivity index is 1.76. The van der Waals surface area contributed by atoms with Crippen molar-refractivity contribution in [1.82, 2.24) is 19.6 Å². The second-order valence-electron chi connectivity index (χ2n) is 7.06. The van der Waals surface area contributed by atoms with Crippen LogP contribution in [0.5, 0.6) is 0 Å². The third-order valence-corrected chi connectivity index (χ3v) is 5.25. The molecule has 2 aromatic rings. The molecule has 0 spiro atoms. The topological polar surface area (TPSA) is 74.7 Å². The number of aryl methyl sites for hydroxylation is 1. The van der Waals surface area contributed by atoms with E-state index in [-0.39, 0.29) is 5.91 Å². The van der Waals surface area contributed by atoms with E-state index in [0.29, 0.717) is 31.1 Å². The third-order valence-electron chi connectivity index (χ3n) is 5.25. The second-order valence-corrected chi connectivity index (χ2v) is 7.06. The fourth-order valence-electron chi connectivity index (χ4n) is 3.51. The number of hydrogen-bond acceptors (Lipinski definition) is 5. The highest BCUT2D eigenvalue weighted by Gasteiger charge is 2.27. The average molecular weight is 374 g/mol. The minimum absolute atomic E-state index is 0.0819. The molecule has 7 heteroatoms. The average Bonchev–Trinajstić information content (AvgIpc) is 3.28. The number of furan rings is 1. The fourth-order valence-corrected chi connectivity index (χ4v) is 3.51. The first-order valence-corrected chi connectivity index (χ1v) is 9.84. The van der Waals surface area contributed by atoms with E-state index in [9.17, 15) is 9.90 Å². The fraction of sp³-hybridized carbons (Fsp3) is 0.600. The van der Waals surface area contributed by atoms with Gasteiger partial charge in [0.15, 0.2) is 5.76 Å². The maximum atomic E-state index is 13.0. The lowest BCUT2D eigenvalue weighted by Gasteiger charge is -2.26. The number of aliphatic hydroxyl groups excluding tert-OH is 1. The van der Waals surface area contributed by atoms with Gasteiger partial charge in [0, 0.05) is 25.1 Å². The zero-order valence-corrected chi connectivity index (χ0v) is 16.7. The van der Waals surface area contributed by atoms with Crippen LogP contribution in [-0.4, -0.2) is 50.2 Å². The van der Waals surface area contributed by atoms with Gasteiger partial charge in [-0.05, 0) is 32.1 Å². The molecule has 1 aliphatic rings. The number of amides is 1. The zero-order chi connectivity index (χ0) is 19.6. The highest BCUT2D eigenvalue weighted by molar-refractivity contribution is 5.91. The van der Waals surface area contributed by atoms with Crippen molar-refractivity contribution in [1.29, 1.82) is 0 Å². The van der Waals surface area contributed by atoms with E-state index in [4.69, 9.17) is 4.42 Å². The summed E-state index contributed by atoms with van der Waals surface area (Å²) in [7, 11) is 0. The largest absolute Gasteiger partial charge is 0.456 e. The molecular formula is C20H30N4O3. The highest BCUT2D eigenvalue weighted by Crippen LogP contribution is 2.23. The summed E-state index contributed by atoms with van der Waals surface area (Å²) in [5.74, 6) is 1.22. The van der Waals surface area contributed by atoms with Gasteiger partial charge >= 0.3 is 0 Å². The number of rotatable bonds is 7. The molecule has 27 heavy (non-hydrogen) atoms. The Morgan fingerprint density at radius 3 is 2.67 bits per heavy atom. The van der Waals surface area contributed by atoms with Crippen molar-refractivity contribution in [3.8, 4) is 0 Å². The molecule has 1 amide bonds. The van der Waals surface area contributed by atoms with Crippen LogP contribution in [0, 0.1) is 0 Å². The number of nitrogens with zero attached hydrogens (tertiary/aromatic N) is 4. The molecule has 0 aliphatic carbocycles. The van der Waals surface area contributed by atoms with Crippen molar-refractivity contribution in [3.05, 3.63) is 40.6 Å². The molecule has 2 aromatic heterocycles. The molecule has 7 nitrogen and oxygen atoms in total. The number of aliphatic hydroxyl groups is 1. The third kappa shape index (κ3) is 4.09. The molecule has 148 valence electrons. The van der Waals surface area contributed by atoms with E-state index in [1.807, 2.05) is 16.8 Å². The van der Waals surface area contributed by atoms with E-state index in [1.54, 1.807) is 11.8 Å². The summed E-state index contributed by atoms with van der Waals surface area (Å²) >= 11 is 0. The number of carbonyl (C=O) groups excluding carboxylic acids is 1. The van der Waals surface area contributed by atoms with Crippen LogP contribution in [-0.2, 0) is 26.1 Å². The SMILES string of the molecule is CCc1oc(C(=O)N2CCn3nc([C@H](C)O)cc3C2)cc1CN(CC)CC. The molecular weight excluding hydrogens is 344 g/mol. The number of hydrogen-bond donors (Lipinski definition) is 1. The Morgan fingerprint density at radius 1 is 1.30 bits per heavy atom. The molecule has 0 fully saturated rings. The lowest BCUT2D eigenvalue weighted by atomic mass is 10.2. The van der Waals surface area contributed by atoms with Crippen LogP contribution in [0.15, 0.2) is 16.5 Å². The molecule has 1 N–H and O–H groups in total. The lowest BCUT2D eigenvalue weighted by molar-refractivity contribution is 0.0671. The maximum absolute atomic E-state index is 13.0. The summed E-state index contributed by atoms with van der Waals surface area (Å²) in [4.78, 5) is 17.1. The van der Waals surface area contributed by atoms with Crippen LogP contribution in [0.2, 0.25) is 0 Å². The standard InChI is InChI=1S/C20H30N4O3/c1-5-18-15(12-22(6-2)7-3)10-19(27-18)20(26)23-8-9-24-16(13-23)11-17(21-24)14(4)25/h10-11,14,25H,5-9,12-13H2,1-4H3/t14-/m0/s1. The molecule has 0 radical (unpaired) electrons. The molecule has 3 rings (SSSR count). The monoisotopic (exact) mass is 374 g/mol. The maximum Gasteiger partial charge on any atom is 0.289 e. The smallest absolute Gasteiger partial charge is 0.289 e. The summed E-state index contributed by atoms with van der Waals surface area (Å²) in [5, 5.41) is 14.1. The van der Waals surface area contributed by atoms with Gasteiger partial charge < -0.3 is 14.4 Å². The first kappa shape index (κ1) is 19.6. The number of aromatic nitrogens is 2. The van der Waals surface area contributed by atoms with Gasteiger partial charge in [0.05, 0.1) is 30.6 Å². The number of carbonyl (C=O) groups is 1. The first-order chi connectivity index (χ1) is 13.0. The van der Waals surface area contributed by atoms with Crippen molar-refractivity contribution in [2.45, 2.75) is 59.9 Å². The Morgan fingerprint density at radius 2 is 2.04 bits per heavy atom. The molecule has 1 atom stereocenters. The Kier molecular flexibility index (Phi) is 6.01. The zero-order valence-electron chi connectivity index (χ0n) is 16.7. The second kappa shape index (κ2) is 8.27. The van der Waals surface area contributed by atoms with E-state index in [0.717, 1.165) is 43.1 Å². The van der Waals surface area contributed by atoms with Crippen molar-refractivity contribution < 1.29 is 14.3 Å². The predicted octanol–water partition coefficient (Wildman–Crippen LogP) is 2.59. The Labute approximate surface area is 160 Å². The molecule has 3 heterocycles. The van der Waals surface area contributed by atoms with Crippen LogP contribution < -0.4 is 0 Å². The van der Waals surface area contributed by atoms with Gasteiger partial charge in [-0.15, -0.1) is 0 Å². The van der Waals surface area contributed by atoms with Gasteiger partial charge in [-0.1, -0.05) is 20.8 Å². The molecule has 0 aromatic carbocycles. The van der Waals surface area contributed by atoms with E-state index >= 15 is 0 Å². The van der Waals surface area contributed by atoms with Crippen molar-refractivity contribution >= 4 is 5.91 Å². The molecule has 0 saturated heterocycles. The lowest BCUT2D eigenvalue weighted by Crippen LogP contribution is -2.38. The van der Waals surface area contributed by atoms with Crippen LogP contribution in [0.4, 0.5) is 0 Å². The van der Waals surface area contributed by atoms with Gasteiger partial charge in [0.25, 0.3) is 5.91 Å². The first-order valence-electron chi connectivity index (χ1n) is 9.84. The molecule has 0 saturated carbocycles. The molecule has 0 unspecified atom stereocenters. The van der Waals surface area contributed by atoms with Gasteiger partial charge in [0.1, 0.15) is 5.76 Å². The predicted molar refractivity (Wildman–Crippen MR) is 102 cm³/mol. The Bertz CT molecular complexity index is 789. The van der Waals surface area contributed by atoms with Crippen LogP contribution in [0.3, 0.4) is 0 Å². The normalized spacial score (nSPS) is 15.3. The van der Waals surface area contributed by atoms with E-state index in [1.165, 1.54) is 0 Å². The minimum Gasteiger partial charge on any atom is -0.456 e. The van der Waals surface area contributed by atoms with Crippen molar-refractivity contribution in [2.75, 3.05) is 19.6 Å². The molecule has 0 bridgehead atoms. The van der Waals surface area contributed by atoms with Crippen LogP contribution in [0.25, 0.3) is 0 Å². The number of fused-ring (bicyclic) bond motifs is 1. The van der Waals surface area contributed by atoms with Crippen LogP contribution in [0.1, 0.15) is 67.1 Å². The molecule has 1 aliphatic heterocycles. The quantitative estimate of drug-likeness (QED) is 0.806. The Hall–Kier alpha value is -2.12. The van der Waals surface area contributed by atoms with Gasteiger partial charge in [0.2, 0.25) is 0 Å². The van der Waals surface area contributed by atoms with Gasteiger partial charge in [-0.25, -0.2) is 0 Å². The summed E-state index contributed by atoms with van der Waals surface area (Å²) in [6.45, 7) is 12.5. The van der Waals surface area contributed by atoms with Gasteiger partial charge in [-0.2, -0.15) is 5.10 Å². The summed E-state index contributed by atoms with van der Waals surface area (Å²) < 4.78 is 7.79. The summed E-state index contributed by atoms with van der Waals surface area (Å²) in [6, 6.07) is 3.78. The van der Waals surface area contributed by atoms with Crippen LogP contribution >= 0.6 is 0 Å². The van der Waals surface area contributed by atoms with Crippen molar-refractivity contribution in [2.24, 2.45) is 0 Å². The van der Waals surface area contributed by atoms with E-state index < -0.39 is 6.10 Å². The highest BCUT2D eigenvalue weighted by atomic mass is 16.4. The van der Waals surface area contributed by atoms with E-state index in [2.05, 4.69) is 30.8 Å². The minimum atomic E-state index is -0.605. The van der Waals surface area contributed by atoms with Gasteiger partial charge in [-0.3, -0.25) is 14.4 Å². The summed E-state index contributed by atoms with van der Waals surface area (Å²) in [5.41, 5.74) is 2.69. The summed E-state index contributed by atoms with van der Waals surface area (Å²) in [6.07, 6.45) is 0.168.